The van der Waals surface area contributed by atoms with Gasteiger partial charge in [0.25, 0.3) is 5.56 Å². The number of aromatic nitrogens is 5. The number of aryl methyl sites for hydroxylation is 2. The van der Waals surface area contributed by atoms with Crippen molar-refractivity contribution in [3.63, 3.8) is 0 Å². The second-order valence-corrected chi connectivity index (χ2v) is 8.38. The van der Waals surface area contributed by atoms with Gasteiger partial charge < -0.3 is 9.84 Å². The van der Waals surface area contributed by atoms with Gasteiger partial charge in [0.2, 0.25) is 11.7 Å². The van der Waals surface area contributed by atoms with E-state index in [1.54, 1.807) is 23.6 Å². The Bertz CT molecular complexity index is 1270. The predicted octanol–water partition coefficient (Wildman–Crippen LogP) is 3.12. The first-order valence-electron chi connectivity index (χ1n) is 9.66. The van der Waals surface area contributed by atoms with Crippen LogP contribution in [0.5, 0.6) is 0 Å². The highest BCUT2D eigenvalue weighted by molar-refractivity contribution is 7.99. The van der Waals surface area contributed by atoms with Crippen molar-refractivity contribution >= 4 is 40.2 Å². The van der Waals surface area contributed by atoms with Crippen molar-refractivity contribution < 1.29 is 9.32 Å². The molecule has 1 amide bonds. The molecule has 3 heterocycles. The molecule has 0 spiro atoms. The van der Waals surface area contributed by atoms with Crippen LogP contribution in [0.3, 0.4) is 0 Å². The van der Waals surface area contributed by atoms with Crippen molar-refractivity contribution in [2.45, 2.75) is 38.9 Å². The van der Waals surface area contributed by atoms with E-state index in [0.717, 1.165) is 11.9 Å². The van der Waals surface area contributed by atoms with Crippen molar-refractivity contribution in [1.29, 1.82) is 0 Å². The van der Waals surface area contributed by atoms with Gasteiger partial charge in [0.05, 0.1) is 16.7 Å². The van der Waals surface area contributed by atoms with Crippen LogP contribution in [0.1, 0.15) is 26.0 Å². The third-order valence-electron chi connectivity index (χ3n) is 4.64. The summed E-state index contributed by atoms with van der Waals surface area (Å²) in [5.41, 5.74) is 0.639. The number of anilines is 1. The standard InChI is InChI=1S/C20H22N6O3S/c1-12(2)8-9-25-18(28)14-6-4-5-7-15(14)26-19(25)22-23-20(26)30-11-17(27)21-16-10-13(3)29-24-16/h4-7,10,12H,8-9,11H2,1-3H3,(H,21,24,27). The summed E-state index contributed by atoms with van der Waals surface area (Å²) in [6, 6.07) is 9.02. The number of carbonyl (C=O) groups is 1. The zero-order chi connectivity index (χ0) is 21.3. The average Bonchev–Trinajstić information content (AvgIpc) is 3.32. The Kier molecular flexibility index (Phi) is 5.58. The van der Waals surface area contributed by atoms with Crippen LogP contribution in [0.2, 0.25) is 0 Å². The van der Waals surface area contributed by atoms with Crippen molar-refractivity contribution in [1.82, 2.24) is 24.3 Å². The van der Waals surface area contributed by atoms with Gasteiger partial charge in [-0.1, -0.05) is 42.9 Å². The minimum absolute atomic E-state index is 0.0816. The molecule has 156 valence electrons. The number of hydrogen-bond donors (Lipinski definition) is 1. The molecule has 3 aromatic heterocycles. The van der Waals surface area contributed by atoms with Gasteiger partial charge in [-0.2, -0.15) is 0 Å². The normalized spacial score (nSPS) is 11.6. The summed E-state index contributed by atoms with van der Waals surface area (Å²) in [6.07, 6.45) is 0.850. The number of hydrogen-bond acceptors (Lipinski definition) is 7. The summed E-state index contributed by atoms with van der Waals surface area (Å²) in [7, 11) is 0. The van der Waals surface area contributed by atoms with E-state index in [9.17, 15) is 9.59 Å². The molecule has 4 rings (SSSR count). The molecular formula is C20H22N6O3S. The second kappa shape index (κ2) is 8.31. The lowest BCUT2D eigenvalue weighted by Crippen LogP contribution is -2.24. The number of thioether (sulfide) groups is 1. The fraction of sp³-hybridized carbons (Fsp3) is 0.350. The summed E-state index contributed by atoms with van der Waals surface area (Å²) >= 11 is 1.25. The van der Waals surface area contributed by atoms with E-state index in [-0.39, 0.29) is 17.2 Å². The lowest BCUT2D eigenvalue weighted by molar-refractivity contribution is -0.113. The fourth-order valence-corrected chi connectivity index (χ4v) is 3.89. The van der Waals surface area contributed by atoms with E-state index < -0.39 is 0 Å². The van der Waals surface area contributed by atoms with Crippen molar-refractivity contribution in [3.05, 3.63) is 46.4 Å². The van der Waals surface area contributed by atoms with Gasteiger partial charge in [-0.25, -0.2) is 0 Å². The van der Waals surface area contributed by atoms with E-state index in [2.05, 4.69) is 34.5 Å². The molecule has 10 heteroatoms. The zero-order valence-corrected chi connectivity index (χ0v) is 17.8. The van der Waals surface area contributed by atoms with Crippen LogP contribution in [0.15, 0.2) is 44.8 Å². The van der Waals surface area contributed by atoms with Crippen LogP contribution in [-0.4, -0.2) is 36.0 Å². The Morgan fingerprint density at radius 2 is 2.07 bits per heavy atom. The summed E-state index contributed by atoms with van der Waals surface area (Å²) in [5.74, 6) is 1.80. The number of carbonyl (C=O) groups excluding carboxylic acids is 1. The molecule has 0 saturated heterocycles. The molecule has 0 unspecified atom stereocenters. The summed E-state index contributed by atoms with van der Waals surface area (Å²) in [6.45, 7) is 6.54. The molecule has 1 aromatic carbocycles. The van der Waals surface area contributed by atoms with Gasteiger partial charge in [0.1, 0.15) is 5.76 Å². The van der Waals surface area contributed by atoms with Crippen molar-refractivity contribution in [2.75, 3.05) is 11.1 Å². The van der Waals surface area contributed by atoms with Gasteiger partial charge in [0.15, 0.2) is 11.0 Å². The van der Waals surface area contributed by atoms with Crippen LogP contribution in [0.25, 0.3) is 16.7 Å². The van der Waals surface area contributed by atoms with Gasteiger partial charge in [0, 0.05) is 12.6 Å². The third-order valence-corrected chi connectivity index (χ3v) is 5.57. The first-order valence-corrected chi connectivity index (χ1v) is 10.6. The first-order chi connectivity index (χ1) is 14.4. The van der Waals surface area contributed by atoms with Gasteiger partial charge in [-0.15, -0.1) is 10.2 Å². The molecule has 0 bridgehead atoms. The largest absolute Gasteiger partial charge is 0.360 e. The quantitative estimate of drug-likeness (QED) is 0.452. The van der Waals surface area contributed by atoms with Crippen LogP contribution in [0.4, 0.5) is 5.82 Å². The van der Waals surface area contributed by atoms with Gasteiger partial charge in [-0.3, -0.25) is 18.6 Å². The Morgan fingerprint density at radius 1 is 1.27 bits per heavy atom. The monoisotopic (exact) mass is 426 g/mol. The summed E-state index contributed by atoms with van der Waals surface area (Å²) in [5, 5.41) is 16.1. The van der Waals surface area contributed by atoms with Crippen LogP contribution < -0.4 is 10.9 Å². The topological polar surface area (TPSA) is 107 Å². The molecule has 0 atom stereocenters. The molecule has 30 heavy (non-hydrogen) atoms. The number of nitrogens with zero attached hydrogens (tertiary/aromatic N) is 5. The molecule has 9 nitrogen and oxygen atoms in total. The molecule has 0 aliphatic carbocycles. The van der Waals surface area contributed by atoms with E-state index in [1.807, 2.05) is 22.6 Å². The molecule has 4 aromatic rings. The Hall–Kier alpha value is -3.14. The van der Waals surface area contributed by atoms with Crippen LogP contribution >= 0.6 is 11.8 Å². The molecule has 0 aliphatic rings. The highest BCUT2D eigenvalue weighted by Gasteiger charge is 2.18. The van der Waals surface area contributed by atoms with E-state index >= 15 is 0 Å². The number of benzene rings is 1. The molecule has 0 saturated carbocycles. The third kappa shape index (κ3) is 3.95. The van der Waals surface area contributed by atoms with Crippen LogP contribution in [0, 0.1) is 12.8 Å². The number of rotatable bonds is 7. The lowest BCUT2D eigenvalue weighted by atomic mass is 10.1. The maximum absolute atomic E-state index is 13.0. The second-order valence-electron chi connectivity index (χ2n) is 7.43. The molecule has 0 radical (unpaired) electrons. The Labute approximate surface area is 176 Å². The van der Waals surface area contributed by atoms with E-state index in [1.165, 1.54) is 11.8 Å². The minimum Gasteiger partial charge on any atom is -0.360 e. The number of amides is 1. The van der Waals surface area contributed by atoms with Crippen molar-refractivity contribution in [3.8, 4) is 0 Å². The minimum atomic E-state index is -0.234. The smallest absolute Gasteiger partial charge is 0.262 e. The van der Waals surface area contributed by atoms with Crippen LogP contribution in [-0.2, 0) is 11.3 Å². The van der Waals surface area contributed by atoms with Gasteiger partial charge >= 0.3 is 0 Å². The van der Waals surface area contributed by atoms with Gasteiger partial charge in [-0.05, 0) is 31.4 Å². The lowest BCUT2D eigenvalue weighted by Gasteiger charge is -2.12. The first kappa shape index (κ1) is 20.1. The SMILES string of the molecule is Cc1cc(NC(=O)CSc2nnc3n(CCC(C)C)c(=O)c4ccccc4n23)no1. The Balaban J connectivity index is 1.67. The molecule has 0 aliphatic heterocycles. The summed E-state index contributed by atoms with van der Waals surface area (Å²) in [4.78, 5) is 25.3. The van der Waals surface area contributed by atoms with E-state index in [4.69, 9.17) is 4.52 Å². The summed E-state index contributed by atoms with van der Waals surface area (Å²) < 4.78 is 8.46. The predicted molar refractivity (Wildman–Crippen MR) is 115 cm³/mol. The zero-order valence-electron chi connectivity index (χ0n) is 17.0. The number of nitrogens with one attached hydrogen (secondary N) is 1. The number of fused-ring (bicyclic) bond motifs is 3. The molecule has 1 N–H and O–H groups in total. The average molecular weight is 427 g/mol. The fourth-order valence-electron chi connectivity index (χ4n) is 3.15. The highest BCUT2D eigenvalue weighted by atomic mass is 32.2. The van der Waals surface area contributed by atoms with Crippen molar-refractivity contribution in [2.24, 2.45) is 5.92 Å². The van der Waals surface area contributed by atoms with E-state index in [0.29, 0.717) is 40.4 Å². The maximum Gasteiger partial charge on any atom is 0.262 e. The maximum atomic E-state index is 13.0. The Morgan fingerprint density at radius 3 is 2.80 bits per heavy atom. The number of para-hydroxylation sites is 1. The molecule has 0 fully saturated rings. The highest BCUT2D eigenvalue weighted by Crippen LogP contribution is 2.22. The molecular weight excluding hydrogens is 404 g/mol.